The van der Waals surface area contributed by atoms with Crippen LogP contribution in [0.4, 0.5) is 17.6 Å². The first-order valence-electron chi connectivity index (χ1n) is 10.7. The van der Waals surface area contributed by atoms with Gasteiger partial charge in [-0.25, -0.2) is 4.39 Å². The van der Waals surface area contributed by atoms with Crippen LogP contribution < -0.4 is 5.32 Å². The van der Waals surface area contributed by atoms with Crippen molar-refractivity contribution in [2.75, 3.05) is 0 Å². The third-order valence-corrected chi connectivity index (χ3v) is 5.94. The Kier molecular flexibility index (Phi) is 7.10. The van der Waals surface area contributed by atoms with Crippen LogP contribution >= 0.6 is 11.6 Å². The molecular weight excluding hydrogens is 482 g/mol. The molecule has 0 saturated carbocycles. The molecule has 0 aliphatic carbocycles. The number of hydrogen-bond donors (Lipinski definition) is 2. The zero-order valence-electron chi connectivity index (χ0n) is 18.2. The first-order chi connectivity index (χ1) is 16.6. The molecule has 2 unspecified atom stereocenters. The van der Waals surface area contributed by atoms with Crippen LogP contribution in [0.5, 0.6) is 0 Å². The normalized spacial score (nSPS) is 13.4. The fraction of sp³-hybridized carbons (Fsp3) is 0.148. The third-order valence-electron chi connectivity index (χ3n) is 5.72. The molecule has 0 aliphatic heterocycles. The fourth-order valence-corrected chi connectivity index (χ4v) is 4.15. The van der Waals surface area contributed by atoms with Crippen molar-refractivity contribution in [1.29, 1.82) is 0 Å². The van der Waals surface area contributed by atoms with Crippen molar-refractivity contribution in [2.24, 2.45) is 0 Å². The number of halogens is 5. The van der Waals surface area contributed by atoms with E-state index in [4.69, 9.17) is 11.6 Å². The third kappa shape index (κ3) is 5.81. The van der Waals surface area contributed by atoms with E-state index in [2.05, 4.69) is 5.32 Å². The van der Waals surface area contributed by atoms with E-state index in [1.54, 1.807) is 18.2 Å². The Morgan fingerprint density at radius 3 is 2.26 bits per heavy atom. The highest BCUT2D eigenvalue weighted by atomic mass is 35.5. The number of alkyl halides is 3. The van der Waals surface area contributed by atoms with Gasteiger partial charge in [-0.3, -0.25) is 4.79 Å². The summed E-state index contributed by atoms with van der Waals surface area (Å²) in [4.78, 5) is 13.3. The van der Waals surface area contributed by atoms with Gasteiger partial charge in [-0.1, -0.05) is 60.1 Å². The molecule has 4 aromatic carbocycles. The van der Waals surface area contributed by atoms with E-state index < -0.39 is 35.6 Å². The molecule has 35 heavy (non-hydrogen) atoms. The van der Waals surface area contributed by atoms with Gasteiger partial charge in [0.1, 0.15) is 5.82 Å². The van der Waals surface area contributed by atoms with Crippen LogP contribution in [-0.2, 0) is 12.6 Å². The number of amides is 1. The first kappa shape index (κ1) is 24.7. The second-order valence-electron chi connectivity index (χ2n) is 8.15. The summed E-state index contributed by atoms with van der Waals surface area (Å²) in [6.45, 7) is 0. The van der Waals surface area contributed by atoms with Gasteiger partial charge in [-0.2, -0.15) is 13.2 Å². The van der Waals surface area contributed by atoms with Crippen LogP contribution in [0.2, 0.25) is 5.02 Å². The molecule has 0 heterocycles. The molecule has 0 saturated heterocycles. The van der Waals surface area contributed by atoms with Gasteiger partial charge < -0.3 is 10.4 Å². The van der Waals surface area contributed by atoms with Crippen LogP contribution in [-0.4, -0.2) is 17.1 Å². The summed E-state index contributed by atoms with van der Waals surface area (Å²) in [5.41, 5.74) is 0.308. The molecule has 3 nitrogen and oxygen atoms in total. The highest BCUT2D eigenvalue weighted by Crippen LogP contribution is 2.30. The van der Waals surface area contributed by atoms with Gasteiger partial charge >= 0.3 is 6.18 Å². The van der Waals surface area contributed by atoms with Crippen molar-refractivity contribution in [3.8, 4) is 0 Å². The molecule has 180 valence electrons. The van der Waals surface area contributed by atoms with E-state index in [0.717, 1.165) is 17.5 Å². The molecule has 0 aromatic heterocycles. The van der Waals surface area contributed by atoms with Crippen LogP contribution in [0.15, 0.2) is 84.9 Å². The maximum atomic E-state index is 13.4. The number of aliphatic hydroxyl groups is 1. The minimum absolute atomic E-state index is 0.0287. The molecule has 2 N–H and O–H groups in total. The van der Waals surface area contributed by atoms with Crippen molar-refractivity contribution in [3.05, 3.63) is 118 Å². The number of carbonyl (C=O) groups excluding carboxylic acids is 1. The first-order valence-corrected chi connectivity index (χ1v) is 11.1. The average Bonchev–Trinajstić information content (AvgIpc) is 2.83. The van der Waals surface area contributed by atoms with Crippen LogP contribution in [0.1, 0.15) is 33.2 Å². The van der Waals surface area contributed by atoms with E-state index in [-0.39, 0.29) is 12.0 Å². The zero-order valence-corrected chi connectivity index (χ0v) is 18.9. The predicted octanol–water partition coefficient (Wildman–Crippen LogP) is 6.73. The zero-order chi connectivity index (χ0) is 25.2. The van der Waals surface area contributed by atoms with Gasteiger partial charge in [0.15, 0.2) is 0 Å². The molecule has 1 amide bonds. The molecule has 0 aliphatic rings. The molecule has 2 atom stereocenters. The average molecular weight is 502 g/mol. The van der Waals surface area contributed by atoms with E-state index in [1.807, 2.05) is 12.1 Å². The summed E-state index contributed by atoms with van der Waals surface area (Å²) < 4.78 is 52.2. The van der Waals surface area contributed by atoms with Gasteiger partial charge in [0, 0.05) is 10.6 Å². The van der Waals surface area contributed by atoms with Gasteiger partial charge in [0.2, 0.25) is 0 Å². The standard InChI is InChI=1S/C27H20ClF4NO2/c28-20-14-18-3-1-2-4-22(18)23(15-20)26(35)33-24(25(34)17-7-11-21(29)12-8-17)13-16-5-9-19(10-6-16)27(30,31)32/h1-12,14-15,24-25,34H,13H2,(H,33,35). The number of aliphatic hydroxyl groups excluding tert-OH is 1. The summed E-state index contributed by atoms with van der Waals surface area (Å²) in [5, 5.41) is 15.6. The molecule has 4 aromatic rings. The highest BCUT2D eigenvalue weighted by Gasteiger charge is 2.30. The Balaban J connectivity index is 1.66. The van der Waals surface area contributed by atoms with Crippen LogP contribution in [0.3, 0.4) is 0 Å². The Bertz CT molecular complexity index is 1340. The quantitative estimate of drug-likeness (QED) is 0.288. The van der Waals surface area contributed by atoms with Gasteiger partial charge in [-0.05, 0) is 64.7 Å². The molecule has 0 radical (unpaired) electrons. The van der Waals surface area contributed by atoms with Gasteiger partial charge in [0.25, 0.3) is 5.91 Å². The summed E-state index contributed by atoms with van der Waals surface area (Å²) in [6, 6.07) is 19.1. The molecule has 0 spiro atoms. The van der Waals surface area contributed by atoms with E-state index >= 15 is 0 Å². The number of rotatable bonds is 6. The maximum Gasteiger partial charge on any atom is 0.416 e. The maximum absolute atomic E-state index is 13.4. The van der Waals surface area contributed by atoms with Crippen molar-refractivity contribution in [1.82, 2.24) is 5.32 Å². The Hall–Kier alpha value is -3.42. The number of nitrogens with one attached hydrogen (secondary N) is 1. The van der Waals surface area contributed by atoms with E-state index in [1.165, 1.54) is 42.5 Å². The largest absolute Gasteiger partial charge is 0.416 e. The molecule has 0 fully saturated rings. The van der Waals surface area contributed by atoms with Crippen LogP contribution in [0, 0.1) is 5.82 Å². The lowest BCUT2D eigenvalue weighted by Crippen LogP contribution is -2.41. The van der Waals surface area contributed by atoms with E-state index in [0.29, 0.717) is 21.5 Å². The topological polar surface area (TPSA) is 49.3 Å². The number of carbonyl (C=O) groups is 1. The summed E-state index contributed by atoms with van der Waals surface area (Å²) >= 11 is 6.20. The minimum atomic E-state index is -4.48. The monoisotopic (exact) mass is 501 g/mol. The Morgan fingerprint density at radius 1 is 0.943 bits per heavy atom. The van der Waals surface area contributed by atoms with Crippen molar-refractivity contribution < 1.29 is 27.5 Å². The van der Waals surface area contributed by atoms with Crippen molar-refractivity contribution in [3.63, 3.8) is 0 Å². The molecule has 0 bridgehead atoms. The summed E-state index contributed by atoms with van der Waals surface area (Å²) in [5.74, 6) is -1.00. The number of benzene rings is 4. The van der Waals surface area contributed by atoms with Gasteiger partial charge in [0.05, 0.1) is 17.7 Å². The molecule has 8 heteroatoms. The van der Waals surface area contributed by atoms with E-state index in [9.17, 15) is 27.5 Å². The Morgan fingerprint density at radius 2 is 1.60 bits per heavy atom. The fourth-order valence-electron chi connectivity index (χ4n) is 3.93. The predicted molar refractivity (Wildman–Crippen MR) is 127 cm³/mol. The van der Waals surface area contributed by atoms with Crippen molar-refractivity contribution in [2.45, 2.75) is 24.7 Å². The van der Waals surface area contributed by atoms with Gasteiger partial charge in [-0.15, -0.1) is 0 Å². The second kappa shape index (κ2) is 10.1. The smallest absolute Gasteiger partial charge is 0.386 e. The summed E-state index contributed by atoms with van der Waals surface area (Å²) in [6.07, 6.45) is -5.71. The molecular formula is C27H20ClF4NO2. The highest BCUT2D eigenvalue weighted by molar-refractivity contribution is 6.32. The molecule has 4 rings (SSSR count). The SMILES string of the molecule is O=C(NC(Cc1ccc(C(F)(F)F)cc1)C(O)c1ccc(F)cc1)c1cc(Cl)cc2ccccc12. The lowest BCUT2D eigenvalue weighted by atomic mass is 9.94. The lowest BCUT2D eigenvalue weighted by Gasteiger charge is -2.25. The van der Waals surface area contributed by atoms with Crippen LogP contribution in [0.25, 0.3) is 10.8 Å². The number of fused-ring (bicyclic) bond motifs is 1. The Labute approximate surface area is 204 Å². The number of hydrogen-bond acceptors (Lipinski definition) is 2. The summed E-state index contributed by atoms with van der Waals surface area (Å²) in [7, 11) is 0. The van der Waals surface area contributed by atoms with Crippen molar-refractivity contribution >= 4 is 28.3 Å². The minimum Gasteiger partial charge on any atom is -0.386 e. The second-order valence-corrected chi connectivity index (χ2v) is 8.59. The lowest BCUT2D eigenvalue weighted by molar-refractivity contribution is -0.137.